The summed E-state index contributed by atoms with van der Waals surface area (Å²) in [6.07, 6.45) is 4.86. The first kappa shape index (κ1) is 18.2. The van der Waals surface area contributed by atoms with E-state index in [9.17, 15) is 24.5 Å². The van der Waals surface area contributed by atoms with Gasteiger partial charge in [-0.3, -0.25) is 19.7 Å². The minimum absolute atomic E-state index is 0.0799. The number of non-ortho nitro benzene ring substituents is 1. The van der Waals surface area contributed by atoms with Crippen molar-refractivity contribution in [2.45, 2.75) is 6.42 Å². The Hall–Kier alpha value is -3.81. The molecule has 150 valence electrons. The summed E-state index contributed by atoms with van der Waals surface area (Å²) in [7, 11) is 0. The summed E-state index contributed by atoms with van der Waals surface area (Å²) in [5, 5.41) is 10.8. The molecule has 4 atom stereocenters. The molecule has 2 fully saturated rings. The van der Waals surface area contributed by atoms with E-state index in [1.807, 2.05) is 12.2 Å². The summed E-state index contributed by atoms with van der Waals surface area (Å²) >= 11 is 0. The third kappa shape index (κ3) is 2.64. The molecule has 8 heteroatoms. The molecule has 2 bridgehead atoms. The van der Waals surface area contributed by atoms with Gasteiger partial charge in [0.1, 0.15) is 0 Å². The quantitative estimate of drug-likeness (QED) is 0.194. The molecular formula is C22H16N2O6. The Morgan fingerprint density at radius 1 is 0.967 bits per heavy atom. The molecule has 0 radical (unpaired) electrons. The number of nitro groups is 1. The highest BCUT2D eigenvalue weighted by atomic mass is 16.6. The number of para-hydroxylation sites is 2. The summed E-state index contributed by atoms with van der Waals surface area (Å²) in [6.45, 7) is 0. The van der Waals surface area contributed by atoms with Gasteiger partial charge in [-0.15, -0.1) is 0 Å². The average molecular weight is 404 g/mol. The summed E-state index contributed by atoms with van der Waals surface area (Å²) in [6, 6.07) is 11.4. The first-order valence-electron chi connectivity index (χ1n) is 9.57. The Morgan fingerprint density at radius 2 is 1.57 bits per heavy atom. The summed E-state index contributed by atoms with van der Waals surface area (Å²) < 4.78 is 5.46. The Bertz CT molecular complexity index is 1090. The smallest absolute Gasteiger partial charge is 0.343 e. The maximum Gasteiger partial charge on any atom is 0.343 e. The third-order valence-electron chi connectivity index (χ3n) is 6.09. The predicted molar refractivity (Wildman–Crippen MR) is 105 cm³/mol. The van der Waals surface area contributed by atoms with Gasteiger partial charge in [0.2, 0.25) is 11.8 Å². The lowest BCUT2D eigenvalue weighted by atomic mass is 9.85. The number of carbonyl (C=O) groups excluding carboxylic acids is 3. The molecule has 2 aromatic carbocycles. The number of fused-ring (bicyclic) bond motifs is 5. The van der Waals surface area contributed by atoms with Crippen molar-refractivity contribution in [3.63, 3.8) is 0 Å². The van der Waals surface area contributed by atoms with Gasteiger partial charge in [0.15, 0.2) is 5.75 Å². The highest BCUT2D eigenvalue weighted by Gasteiger charge is 2.59. The number of allylic oxidation sites excluding steroid dienone is 2. The van der Waals surface area contributed by atoms with Crippen LogP contribution in [-0.2, 0) is 9.59 Å². The van der Waals surface area contributed by atoms with Crippen LogP contribution in [0.5, 0.6) is 5.75 Å². The molecular weight excluding hydrogens is 388 g/mol. The van der Waals surface area contributed by atoms with Crippen LogP contribution in [0.2, 0.25) is 0 Å². The molecule has 3 aliphatic rings. The van der Waals surface area contributed by atoms with Crippen molar-refractivity contribution in [3.8, 4) is 5.75 Å². The number of anilines is 1. The summed E-state index contributed by atoms with van der Waals surface area (Å²) in [4.78, 5) is 50.0. The topological polar surface area (TPSA) is 107 Å². The van der Waals surface area contributed by atoms with Crippen LogP contribution < -0.4 is 9.64 Å². The van der Waals surface area contributed by atoms with Crippen molar-refractivity contribution >= 4 is 29.2 Å². The van der Waals surface area contributed by atoms with Gasteiger partial charge in [0, 0.05) is 12.1 Å². The van der Waals surface area contributed by atoms with Crippen molar-refractivity contribution < 1.29 is 24.0 Å². The fourth-order valence-electron chi connectivity index (χ4n) is 4.75. The van der Waals surface area contributed by atoms with Gasteiger partial charge in [-0.1, -0.05) is 24.3 Å². The highest BCUT2D eigenvalue weighted by Crippen LogP contribution is 2.53. The fraction of sp³-hybridized carbons (Fsp3) is 0.227. The van der Waals surface area contributed by atoms with E-state index in [0.717, 1.165) is 11.3 Å². The zero-order chi connectivity index (χ0) is 21.0. The van der Waals surface area contributed by atoms with Gasteiger partial charge in [0.25, 0.3) is 5.69 Å². The molecule has 1 saturated heterocycles. The van der Waals surface area contributed by atoms with Crippen LogP contribution >= 0.6 is 0 Å². The number of hydrogen-bond donors (Lipinski definition) is 0. The van der Waals surface area contributed by atoms with Crippen LogP contribution in [-0.4, -0.2) is 22.7 Å². The van der Waals surface area contributed by atoms with Crippen molar-refractivity contribution in [2.75, 3.05) is 4.90 Å². The van der Waals surface area contributed by atoms with Gasteiger partial charge in [-0.25, -0.2) is 9.69 Å². The average Bonchev–Trinajstić information content (AvgIpc) is 3.42. The lowest BCUT2D eigenvalue weighted by Gasteiger charge is -2.20. The van der Waals surface area contributed by atoms with Crippen LogP contribution in [0.25, 0.3) is 0 Å². The van der Waals surface area contributed by atoms with E-state index >= 15 is 0 Å². The van der Waals surface area contributed by atoms with E-state index in [2.05, 4.69) is 0 Å². The monoisotopic (exact) mass is 404 g/mol. The molecule has 0 spiro atoms. The number of esters is 1. The number of rotatable bonds is 4. The largest absolute Gasteiger partial charge is 0.421 e. The number of carbonyl (C=O) groups is 3. The number of nitro benzene ring substituents is 1. The molecule has 1 heterocycles. The highest BCUT2D eigenvalue weighted by molar-refractivity contribution is 6.23. The number of hydrogen-bond acceptors (Lipinski definition) is 6. The van der Waals surface area contributed by atoms with E-state index in [4.69, 9.17) is 4.74 Å². The van der Waals surface area contributed by atoms with E-state index < -0.39 is 10.9 Å². The fourth-order valence-corrected chi connectivity index (χ4v) is 4.75. The normalized spacial score (nSPS) is 26.2. The van der Waals surface area contributed by atoms with Crippen LogP contribution in [0, 0.1) is 33.8 Å². The molecule has 1 saturated carbocycles. The maximum absolute atomic E-state index is 13.1. The number of nitrogens with zero attached hydrogens (tertiary/aromatic N) is 2. The van der Waals surface area contributed by atoms with Gasteiger partial charge < -0.3 is 4.74 Å². The molecule has 30 heavy (non-hydrogen) atoms. The van der Waals surface area contributed by atoms with E-state index in [1.165, 1.54) is 30.3 Å². The number of benzene rings is 2. The van der Waals surface area contributed by atoms with Crippen LogP contribution in [0.15, 0.2) is 60.7 Å². The zero-order valence-corrected chi connectivity index (χ0v) is 15.6. The van der Waals surface area contributed by atoms with Crippen molar-refractivity contribution in [2.24, 2.45) is 23.7 Å². The second kappa shape index (κ2) is 6.62. The summed E-state index contributed by atoms with van der Waals surface area (Å²) in [5.41, 5.74) is 0.208. The molecule has 2 aromatic rings. The minimum Gasteiger partial charge on any atom is -0.421 e. The number of amides is 2. The number of imide groups is 1. The Morgan fingerprint density at radius 3 is 2.17 bits per heavy atom. The lowest BCUT2D eigenvalue weighted by molar-refractivity contribution is -0.384. The van der Waals surface area contributed by atoms with Gasteiger partial charge in [0.05, 0.1) is 28.0 Å². The van der Waals surface area contributed by atoms with E-state index in [0.29, 0.717) is 0 Å². The molecule has 1 aliphatic heterocycles. The first-order chi connectivity index (χ1) is 14.5. The van der Waals surface area contributed by atoms with E-state index in [1.54, 1.807) is 18.2 Å². The predicted octanol–water partition coefficient (Wildman–Crippen LogP) is 3.13. The minimum atomic E-state index is -0.738. The van der Waals surface area contributed by atoms with Crippen LogP contribution in [0.4, 0.5) is 11.4 Å². The van der Waals surface area contributed by atoms with Gasteiger partial charge in [-0.05, 0) is 42.5 Å². The summed E-state index contributed by atoms with van der Waals surface area (Å²) in [5.74, 6) is -1.73. The standard InChI is InChI=1S/C22H16N2O6/c25-20-18-13-5-6-14(11-13)19(18)21(26)23(20)16-3-1-2-4-17(16)30-22(27)12-7-9-15(10-8-12)24(28)29/h1-10,13-14,18-19H,11H2/t13-,14+,18-,19-/m0/s1. The lowest BCUT2D eigenvalue weighted by Crippen LogP contribution is -2.33. The van der Waals surface area contributed by atoms with Crippen LogP contribution in [0.1, 0.15) is 16.8 Å². The Labute approximate surface area is 170 Å². The molecule has 0 N–H and O–H groups in total. The number of ether oxygens (including phenoxy) is 1. The SMILES string of the molecule is O=C(Oc1ccccc1N1C(=O)[C@@H]2[C@@H](C1=O)[C@H]1C=C[C@@H]2C1)c1ccc([N+](=O)[O-])cc1. The second-order valence-corrected chi connectivity index (χ2v) is 7.67. The molecule has 8 nitrogen and oxygen atoms in total. The van der Waals surface area contributed by atoms with Crippen molar-refractivity contribution in [3.05, 3.63) is 76.4 Å². The molecule has 5 rings (SSSR count). The van der Waals surface area contributed by atoms with Crippen LogP contribution in [0.3, 0.4) is 0 Å². The van der Waals surface area contributed by atoms with E-state index in [-0.39, 0.29) is 58.2 Å². The molecule has 0 aromatic heterocycles. The molecule has 2 amide bonds. The van der Waals surface area contributed by atoms with Crippen molar-refractivity contribution in [1.82, 2.24) is 0 Å². The first-order valence-corrected chi connectivity index (χ1v) is 9.57. The molecule has 0 unspecified atom stereocenters. The zero-order valence-electron chi connectivity index (χ0n) is 15.6. The third-order valence-corrected chi connectivity index (χ3v) is 6.09. The Kier molecular flexibility index (Phi) is 4.02. The van der Waals surface area contributed by atoms with Gasteiger partial charge in [-0.2, -0.15) is 0 Å². The van der Waals surface area contributed by atoms with Gasteiger partial charge >= 0.3 is 5.97 Å². The molecule has 2 aliphatic carbocycles. The second-order valence-electron chi connectivity index (χ2n) is 7.67. The van der Waals surface area contributed by atoms with Crippen molar-refractivity contribution in [1.29, 1.82) is 0 Å². The Balaban J connectivity index is 1.42. The maximum atomic E-state index is 13.1.